The van der Waals surface area contributed by atoms with E-state index in [-0.39, 0.29) is 0 Å². The van der Waals surface area contributed by atoms with Crippen molar-refractivity contribution in [1.29, 1.82) is 0 Å². The van der Waals surface area contributed by atoms with Crippen LogP contribution in [0.1, 0.15) is 13.8 Å². The molecule has 0 saturated heterocycles. The summed E-state index contributed by atoms with van der Waals surface area (Å²) in [4.78, 5) is 0. The van der Waals surface area contributed by atoms with Crippen molar-refractivity contribution in [2.75, 3.05) is 25.7 Å². The van der Waals surface area contributed by atoms with Gasteiger partial charge in [-0.05, 0) is 23.6 Å². The molecule has 0 radical (unpaired) electrons. The molecule has 1 aromatic carbocycles. The smallest absolute Gasteiger partial charge is 0.226 e. The van der Waals surface area contributed by atoms with E-state index in [0.29, 0.717) is 16.8 Å². The van der Waals surface area contributed by atoms with Gasteiger partial charge >= 0.3 is 0 Å². The van der Waals surface area contributed by atoms with E-state index in [1.54, 1.807) is 14.2 Å². The monoisotopic (exact) mass is 306 g/mol. The molecule has 0 aliphatic carbocycles. The van der Waals surface area contributed by atoms with Gasteiger partial charge in [0, 0.05) is 0 Å². The number of rotatable bonds is 7. The molecule has 0 unspecified atom stereocenters. The van der Waals surface area contributed by atoms with Gasteiger partial charge < -0.3 is 9.47 Å². The highest BCUT2D eigenvalue weighted by Gasteiger charge is 2.32. The average Bonchev–Trinajstić information content (AvgIpc) is 2.38. The Morgan fingerprint density at radius 2 is 1.50 bits per heavy atom. The third-order valence-electron chi connectivity index (χ3n) is 2.27. The number of ether oxygens (including phenoxy) is 2. The fourth-order valence-electron chi connectivity index (χ4n) is 1.61. The topological polar surface area (TPSA) is 35.5 Å². The predicted octanol–water partition coefficient (Wildman–Crippen LogP) is 4.03. The van der Waals surface area contributed by atoms with Crippen LogP contribution in [0.3, 0.4) is 0 Å². The number of hydrogen-bond donors (Lipinski definition) is 0. The van der Waals surface area contributed by atoms with Crippen LogP contribution in [-0.4, -0.2) is 25.7 Å². The van der Waals surface area contributed by atoms with Crippen molar-refractivity contribution >= 4 is 33.6 Å². The molecule has 0 spiro atoms. The normalized spacial score (nSPS) is 11.3. The van der Waals surface area contributed by atoms with Gasteiger partial charge in [-0.1, -0.05) is 42.7 Å². The van der Waals surface area contributed by atoms with Crippen molar-refractivity contribution < 1.29 is 14.0 Å². The molecule has 0 amide bonds. The molecular weight excluding hydrogens is 287 g/mol. The van der Waals surface area contributed by atoms with Crippen LogP contribution in [-0.2, 0) is 4.57 Å². The standard InChI is InChI=1S/C12H19O3PS2/c1-5-17-16(13,18-6-2)12-10(14-3)8-7-9-11(12)15-4/h7-9H,5-6H2,1-4H3. The number of benzene rings is 1. The van der Waals surface area contributed by atoms with Crippen molar-refractivity contribution in [2.24, 2.45) is 0 Å². The van der Waals surface area contributed by atoms with Gasteiger partial charge in [0.25, 0.3) is 0 Å². The molecule has 0 saturated carbocycles. The minimum absolute atomic E-state index is 0.639. The van der Waals surface area contributed by atoms with E-state index in [1.165, 1.54) is 22.8 Å². The van der Waals surface area contributed by atoms with Gasteiger partial charge in [0.15, 0.2) is 0 Å². The van der Waals surface area contributed by atoms with E-state index < -0.39 is 5.55 Å². The molecule has 0 bridgehead atoms. The summed E-state index contributed by atoms with van der Waals surface area (Å²) in [6.07, 6.45) is 0. The summed E-state index contributed by atoms with van der Waals surface area (Å²) in [6, 6.07) is 5.51. The molecule has 0 fully saturated rings. The summed E-state index contributed by atoms with van der Waals surface area (Å²) in [5.41, 5.74) is -2.60. The highest BCUT2D eigenvalue weighted by molar-refractivity contribution is 8.92. The molecular formula is C12H19O3PS2. The maximum atomic E-state index is 13.1. The molecule has 3 nitrogen and oxygen atoms in total. The van der Waals surface area contributed by atoms with Crippen LogP contribution in [0.5, 0.6) is 11.5 Å². The quantitative estimate of drug-likeness (QED) is 0.711. The maximum absolute atomic E-state index is 13.1. The van der Waals surface area contributed by atoms with E-state index in [9.17, 15) is 4.57 Å². The summed E-state index contributed by atoms with van der Waals surface area (Å²) in [6.45, 7) is 4.02. The van der Waals surface area contributed by atoms with Crippen LogP contribution in [0.25, 0.3) is 0 Å². The molecule has 18 heavy (non-hydrogen) atoms. The van der Waals surface area contributed by atoms with Crippen LogP contribution in [0.2, 0.25) is 0 Å². The molecule has 1 aromatic rings. The highest BCUT2D eigenvalue weighted by atomic mass is 33.1. The number of methoxy groups -OCH3 is 2. The number of hydrogen-bond acceptors (Lipinski definition) is 5. The first-order valence-corrected chi connectivity index (χ1v) is 10.6. The Labute approximate surface area is 117 Å². The van der Waals surface area contributed by atoms with Crippen molar-refractivity contribution in [1.82, 2.24) is 0 Å². The van der Waals surface area contributed by atoms with Crippen LogP contribution < -0.4 is 14.8 Å². The minimum Gasteiger partial charge on any atom is -0.496 e. The van der Waals surface area contributed by atoms with Gasteiger partial charge in [0.2, 0.25) is 5.55 Å². The van der Waals surface area contributed by atoms with Gasteiger partial charge in [-0.25, -0.2) is 0 Å². The molecule has 0 heterocycles. The predicted molar refractivity (Wildman–Crippen MR) is 83.1 cm³/mol. The molecule has 6 heteroatoms. The lowest BCUT2D eigenvalue weighted by Crippen LogP contribution is -2.09. The van der Waals surface area contributed by atoms with E-state index in [2.05, 4.69) is 0 Å². The third-order valence-corrected chi connectivity index (χ3v) is 11.0. The molecule has 0 aliphatic heterocycles. The lowest BCUT2D eigenvalue weighted by molar-refractivity contribution is 0.400. The van der Waals surface area contributed by atoms with Crippen LogP contribution in [0, 0.1) is 0 Å². The minimum atomic E-state index is -2.60. The van der Waals surface area contributed by atoms with E-state index in [0.717, 1.165) is 11.5 Å². The lowest BCUT2D eigenvalue weighted by atomic mass is 10.3. The Balaban J connectivity index is 3.38. The van der Waals surface area contributed by atoms with Crippen molar-refractivity contribution in [2.45, 2.75) is 13.8 Å². The Bertz CT molecular complexity index is 405. The van der Waals surface area contributed by atoms with Crippen molar-refractivity contribution in [3.63, 3.8) is 0 Å². The third kappa shape index (κ3) is 3.40. The fraction of sp³-hybridized carbons (Fsp3) is 0.500. The molecule has 0 aliphatic rings. The second-order valence-electron chi connectivity index (χ2n) is 3.34. The van der Waals surface area contributed by atoms with Gasteiger partial charge in [-0.2, -0.15) is 0 Å². The van der Waals surface area contributed by atoms with Gasteiger partial charge in [0.1, 0.15) is 16.8 Å². The van der Waals surface area contributed by atoms with E-state index in [4.69, 9.17) is 9.47 Å². The second-order valence-corrected chi connectivity index (χ2v) is 11.8. The Morgan fingerprint density at radius 3 is 1.83 bits per heavy atom. The highest BCUT2D eigenvalue weighted by Crippen LogP contribution is 2.70. The molecule has 102 valence electrons. The zero-order chi connectivity index (χ0) is 13.6. The first-order chi connectivity index (χ1) is 8.62. The zero-order valence-corrected chi connectivity index (χ0v) is 13.7. The van der Waals surface area contributed by atoms with Gasteiger partial charge in [-0.15, -0.1) is 0 Å². The molecule has 0 N–H and O–H groups in total. The summed E-state index contributed by atoms with van der Waals surface area (Å²) in [7, 11) is 3.19. The second kappa shape index (κ2) is 7.37. The Morgan fingerprint density at radius 1 is 1.06 bits per heavy atom. The van der Waals surface area contributed by atoms with E-state index >= 15 is 0 Å². The summed E-state index contributed by atoms with van der Waals surface area (Å²) in [5, 5.41) is 0.703. The fourth-order valence-corrected chi connectivity index (χ4v) is 10.2. The molecule has 0 aromatic heterocycles. The largest absolute Gasteiger partial charge is 0.496 e. The van der Waals surface area contributed by atoms with Crippen molar-refractivity contribution in [3.05, 3.63) is 18.2 Å². The van der Waals surface area contributed by atoms with Crippen LogP contribution in [0.4, 0.5) is 0 Å². The zero-order valence-electron chi connectivity index (χ0n) is 11.1. The Hall–Kier alpha value is -0.250. The van der Waals surface area contributed by atoms with Crippen LogP contribution >= 0.6 is 28.3 Å². The first kappa shape index (κ1) is 15.8. The Kier molecular flexibility index (Phi) is 6.47. The first-order valence-electron chi connectivity index (χ1n) is 5.73. The maximum Gasteiger partial charge on any atom is 0.226 e. The lowest BCUT2D eigenvalue weighted by Gasteiger charge is -2.20. The van der Waals surface area contributed by atoms with Gasteiger partial charge in [0.05, 0.1) is 14.2 Å². The average molecular weight is 306 g/mol. The molecule has 0 atom stereocenters. The summed E-state index contributed by atoms with van der Waals surface area (Å²) >= 11 is 2.95. The van der Waals surface area contributed by atoms with Gasteiger partial charge in [-0.3, -0.25) is 4.57 Å². The molecule has 1 rings (SSSR count). The van der Waals surface area contributed by atoms with Crippen LogP contribution in [0.15, 0.2) is 18.2 Å². The summed E-state index contributed by atoms with van der Waals surface area (Å²) < 4.78 is 23.8. The summed E-state index contributed by atoms with van der Waals surface area (Å²) in [5.74, 6) is 2.87. The van der Waals surface area contributed by atoms with E-state index in [1.807, 2.05) is 32.0 Å². The van der Waals surface area contributed by atoms with Crippen molar-refractivity contribution in [3.8, 4) is 11.5 Å². The SMILES string of the molecule is CCSP(=O)(SCC)c1c(OC)cccc1OC.